The van der Waals surface area contributed by atoms with Gasteiger partial charge < -0.3 is 9.47 Å². The van der Waals surface area contributed by atoms with Crippen molar-refractivity contribution in [2.24, 2.45) is 0 Å². The molecule has 1 aromatic rings. The summed E-state index contributed by atoms with van der Waals surface area (Å²) in [4.78, 5) is 25.5. The minimum atomic E-state index is -0.290. The molecule has 1 aliphatic heterocycles. The van der Waals surface area contributed by atoms with Gasteiger partial charge in [-0.15, -0.1) is 0 Å². The molecule has 0 fully saturated rings. The maximum absolute atomic E-state index is 12.1. The maximum atomic E-state index is 12.1. The summed E-state index contributed by atoms with van der Waals surface area (Å²) in [6, 6.07) is 5.53. The van der Waals surface area contributed by atoms with Crippen LogP contribution in [0.2, 0.25) is 0 Å². The van der Waals surface area contributed by atoms with Crippen LogP contribution in [0.5, 0.6) is 5.75 Å². The molecule has 0 saturated heterocycles. The third kappa shape index (κ3) is 2.96. The first-order valence-electron chi connectivity index (χ1n) is 8.59. The number of imide groups is 1. The second-order valence-corrected chi connectivity index (χ2v) is 6.10. The van der Waals surface area contributed by atoms with E-state index in [2.05, 4.69) is 13.8 Å². The number of ether oxygens (including phenoxy) is 2. The lowest BCUT2D eigenvalue weighted by molar-refractivity contribution is -0.140. The maximum Gasteiger partial charge on any atom is 0.254 e. The topological polar surface area (TPSA) is 55.8 Å². The Labute approximate surface area is 142 Å². The number of rotatable bonds is 7. The Bertz CT molecular complexity index is 649. The molecule has 0 saturated carbocycles. The van der Waals surface area contributed by atoms with Crippen LogP contribution in [0.1, 0.15) is 56.4 Å². The van der Waals surface area contributed by atoms with Gasteiger partial charge >= 0.3 is 0 Å². The number of hydrogen-bond donors (Lipinski definition) is 0. The first-order valence-corrected chi connectivity index (χ1v) is 8.59. The van der Waals surface area contributed by atoms with Gasteiger partial charge in [0.25, 0.3) is 11.8 Å². The monoisotopic (exact) mass is 329 g/mol. The second kappa shape index (κ2) is 7.18. The first kappa shape index (κ1) is 16.7. The third-order valence-electron chi connectivity index (χ3n) is 4.36. The highest BCUT2D eigenvalue weighted by molar-refractivity contribution is 6.13. The van der Waals surface area contributed by atoms with Gasteiger partial charge in [0.1, 0.15) is 5.75 Å². The van der Waals surface area contributed by atoms with Crippen LogP contribution in [-0.2, 0) is 14.3 Å². The van der Waals surface area contributed by atoms with E-state index < -0.39 is 0 Å². The van der Waals surface area contributed by atoms with Crippen molar-refractivity contribution in [3.8, 4) is 5.75 Å². The molecule has 1 aromatic carbocycles. The van der Waals surface area contributed by atoms with Crippen molar-refractivity contribution in [1.29, 1.82) is 0 Å². The quantitative estimate of drug-likeness (QED) is 0.720. The minimum absolute atomic E-state index is 0.154. The van der Waals surface area contributed by atoms with E-state index >= 15 is 0 Å². The Morgan fingerprint density at radius 2 is 1.79 bits per heavy atom. The highest BCUT2D eigenvalue weighted by atomic mass is 16.5. The van der Waals surface area contributed by atoms with Crippen molar-refractivity contribution >= 4 is 11.8 Å². The molecular weight excluding hydrogens is 306 g/mol. The van der Waals surface area contributed by atoms with Crippen LogP contribution in [0.3, 0.4) is 0 Å². The van der Waals surface area contributed by atoms with Gasteiger partial charge in [-0.3, -0.25) is 14.5 Å². The molecule has 1 heterocycles. The summed E-state index contributed by atoms with van der Waals surface area (Å²) in [5.41, 5.74) is 1.94. The molecule has 128 valence electrons. The van der Waals surface area contributed by atoms with Crippen molar-refractivity contribution in [2.45, 2.75) is 45.3 Å². The van der Waals surface area contributed by atoms with Gasteiger partial charge in [0, 0.05) is 30.7 Å². The highest BCUT2D eigenvalue weighted by Gasteiger charge is 2.42. The van der Waals surface area contributed by atoms with Gasteiger partial charge in [0.05, 0.1) is 18.8 Å². The Hall–Kier alpha value is -2.14. The number of hydrogen-bond acceptors (Lipinski definition) is 4. The Morgan fingerprint density at radius 3 is 2.46 bits per heavy atom. The molecular formula is C19H23NO4. The predicted molar refractivity (Wildman–Crippen MR) is 89.6 cm³/mol. The molecule has 2 atom stereocenters. The number of amides is 2. The fourth-order valence-corrected chi connectivity index (χ4v) is 3.36. The molecule has 5 heteroatoms. The lowest BCUT2D eigenvalue weighted by atomic mass is 10.1. The normalized spacial score (nSPS) is 22.3. The van der Waals surface area contributed by atoms with Gasteiger partial charge in [-0.2, -0.15) is 0 Å². The molecule has 0 bridgehead atoms. The van der Waals surface area contributed by atoms with E-state index in [0.29, 0.717) is 19.6 Å². The molecule has 2 aliphatic rings. The van der Waals surface area contributed by atoms with Crippen molar-refractivity contribution in [3.05, 3.63) is 41.5 Å². The van der Waals surface area contributed by atoms with Crippen LogP contribution in [-0.4, -0.2) is 29.9 Å². The summed E-state index contributed by atoms with van der Waals surface area (Å²) in [6.07, 6.45) is 4.93. The summed E-state index contributed by atoms with van der Waals surface area (Å²) in [7, 11) is 0. The average Bonchev–Trinajstić information content (AvgIpc) is 3.11. The highest BCUT2D eigenvalue weighted by Crippen LogP contribution is 2.48. The lowest BCUT2D eigenvalue weighted by Crippen LogP contribution is -2.33. The molecule has 1 aliphatic carbocycles. The molecule has 5 nitrogen and oxygen atoms in total. The van der Waals surface area contributed by atoms with Crippen LogP contribution < -0.4 is 4.74 Å². The SMILES string of the molecule is CCCOc1cccc2c1[C@@H](OCCC)C[C@@H]2N1C(=O)C=CC1=O. The zero-order valence-corrected chi connectivity index (χ0v) is 14.2. The summed E-state index contributed by atoms with van der Waals surface area (Å²) < 4.78 is 11.9. The number of carbonyl (C=O) groups is 2. The van der Waals surface area contributed by atoms with Gasteiger partial charge in [-0.05, 0) is 24.5 Å². The van der Waals surface area contributed by atoms with Gasteiger partial charge in [0.2, 0.25) is 0 Å². The molecule has 2 amide bonds. The first-order chi connectivity index (χ1) is 11.7. The summed E-state index contributed by atoms with van der Waals surface area (Å²) in [6.45, 7) is 5.39. The van der Waals surface area contributed by atoms with Gasteiger partial charge in [-0.25, -0.2) is 0 Å². The average molecular weight is 329 g/mol. The molecule has 0 unspecified atom stereocenters. The number of benzene rings is 1. The van der Waals surface area contributed by atoms with Crippen LogP contribution in [0, 0.1) is 0 Å². The van der Waals surface area contributed by atoms with Gasteiger partial charge in [0.15, 0.2) is 0 Å². The molecule has 0 N–H and O–H groups in total. The molecule has 3 rings (SSSR count). The standard InChI is InChI=1S/C19H23NO4/c1-3-10-23-15-7-5-6-13-14(20-17(21)8-9-18(20)22)12-16(19(13)15)24-11-4-2/h5-9,14,16H,3-4,10-12H2,1-2H3/t14-,16-/m0/s1. The fourth-order valence-electron chi connectivity index (χ4n) is 3.36. The van der Waals surface area contributed by atoms with Crippen molar-refractivity contribution in [2.75, 3.05) is 13.2 Å². The van der Waals surface area contributed by atoms with Crippen molar-refractivity contribution in [3.63, 3.8) is 0 Å². The molecule has 0 spiro atoms. The van der Waals surface area contributed by atoms with Gasteiger partial charge in [-0.1, -0.05) is 26.0 Å². The zero-order chi connectivity index (χ0) is 17.1. The number of fused-ring (bicyclic) bond motifs is 1. The Morgan fingerprint density at radius 1 is 1.08 bits per heavy atom. The smallest absolute Gasteiger partial charge is 0.254 e. The number of nitrogens with zero attached hydrogens (tertiary/aromatic N) is 1. The summed E-state index contributed by atoms with van der Waals surface area (Å²) in [5, 5.41) is 0. The molecule has 24 heavy (non-hydrogen) atoms. The van der Waals surface area contributed by atoms with Crippen LogP contribution >= 0.6 is 0 Å². The Balaban J connectivity index is 1.96. The Kier molecular flexibility index (Phi) is 5.00. The lowest BCUT2D eigenvalue weighted by Gasteiger charge is -2.23. The largest absolute Gasteiger partial charge is 0.493 e. The second-order valence-electron chi connectivity index (χ2n) is 6.10. The van der Waals surface area contributed by atoms with E-state index in [1.165, 1.54) is 17.1 Å². The molecule has 0 aromatic heterocycles. The van der Waals surface area contributed by atoms with Crippen LogP contribution in [0.4, 0.5) is 0 Å². The third-order valence-corrected chi connectivity index (χ3v) is 4.36. The van der Waals surface area contributed by atoms with E-state index in [4.69, 9.17) is 9.47 Å². The van der Waals surface area contributed by atoms with E-state index in [9.17, 15) is 9.59 Å². The summed E-state index contributed by atoms with van der Waals surface area (Å²) in [5.74, 6) is 0.281. The van der Waals surface area contributed by atoms with E-state index in [0.717, 1.165) is 29.7 Å². The minimum Gasteiger partial charge on any atom is -0.493 e. The fraction of sp³-hybridized carbons (Fsp3) is 0.474. The van der Waals surface area contributed by atoms with E-state index in [1.54, 1.807) is 0 Å². The molecule has 0 radical (unpaired) electrons. The number of carbonyl (C=O) groups excluding carboxylic acids is 2. The van der Waals surface area contributed by atoms with Crippen molar-refractivity contribution in [1.82, 2.24) is 4.90 Å². The predicted octanol–water partition coefficient (Wildman–Crippen LogP) is 3.31. The van der Waals surface area contributed by atoms with E-state index in [1.807, 2.05) is 18.2 Å². The van der Waals surface area contributed by atoms with Crippen LogP contribution in [0.25, 0.3) is 0 Å². The van der Waals surface area contributed by atoms with Crippen LogP contribution in [0.15, 0.2) is 30.4 Å². The van der Waals surface area contributed by atoms with E-state index in [-0.39, 0.29) is 24.0 Å². The van der Waals surface area contributed by atoms with Crippen molar-refractivity contribution < 1.29 is 19.1 Å². The summed E-state index contributed by atoms with van der Waals surface area (Å²) >= 11 is 0. The zero-order valence-electron chi connectivity index (χ0n) is 14.2.